The van der Waals surface area contributed by atoms with E-state index in [0.29, 0.717) is 60.2 Å². The van der Waals surface area contributed by atoms with Gasteiger partial charge in [-0.1, -0.05) is 109 Å². The van der Waals surface area contributed by atoms with Gasteiger partial charge in [0.25, 0.3) is 11.5 Å². The maximum absolute atomic E-state index is 14.1. The normalized spacial score (nSPS) is 15.3. The minimum absolute atomic E-state index is 0.0119. The van der Waals surface area contributed by atoms with Crippen molar-refractivity contribution in [1.29, 1.82) is 0 Å². The molecule has 5 amide bonds. The summed E-state index contributed by atoms with van der Waals surface area (Å²) in [6, 6.07) is 21.8. The minimum atomic E-state index is -0.879. The van der Waals surface area contributed by atoms with Crippen molar-refractivity contribution in [1.82, 2.24) is 40.4 Å². The summed E-state index contributed by atoms with van der Waals surface area (Å²) in [5.74, 6) is -1.28. The first-order chi connectivity index (χ1) is 36.5. The molecule has 6 aromatic rings. The second-order valence-corrected chi connectivity index (χ2v) is 21.9. The highest BCUT2D eigenvalue weighted by molar-refractivity contribution is 7.13. The molecule has 4 heterocycles. The average molecular weight is 1050 g/mol. The van der Waals surface area contributed by atoms with Crippen LogP contribution in [0.15, 0.2) is 102 Å². The fourth-order valence-corrected chi connectivity index (χ4v) is 10.4. The number of β-amino-alcohol motifs (C(OH)–C–C–N with tert-alkyl or cyclic N) is 1. The van der Waals surface area contributed by atoms with Crippen molar-refractivity contribution in [3.8, 4) is 21.7 Å². The zero-order valence-corrected chi connectivity index (χ0v) is 45.5. The second-order valence-electron chi connectivity index (χ2n) is 21.0. The van der Waals surface area contributed by atoms with Gasteiger partial charge in [0.2, 0.25) is 23.6 Å². The highest BCUT2D eigenvalue weighted by atomic mass is 32.1. The van der Waals surface area contributed by atoms with E-state index in [2.05, 4.69) is 31.2 Å². The van der Waals surface area contributed by atoms with Crippen LogP contribution in [-0.2, 0) is 32.3 Å². The molecule has 4 atom stereocenters. The standard InChI is InChI=1S/C59H73N9O7S/c1-7-31-67-48-32-45(28-29-47(48)65-52(57(67)74)42-22-26-44(27-23-42)55(72)61-35-40-17-16-30-60-34-40)64-50(70)18-14-12-10-8-9-11-13-15-19-51(71)66-54(59(4,5)6)58(75)68-36-46(69)33-49(68)56(73)63-38(2)41-20-24-43(25-21-41)53-39(3)62-37-76-53/h16-17,20-30,32,34,37-38,46,49,54,69H,7-15,18-19,31,33,35-36H2,1-6H3,(H,61,72)(H,63,73)(H,64,70)(H,66,71). The van der Waals surface area contributed by atoms with Gasteiger partial charge in [-0.2, -0.15) is 0 Å². The molecule has 5 N–H and O–H groups in total. The van der Waals surface area contributed by atoms with Gasteiger partial charge in [-0.25, -0.2) is 9.97 Å². The summed E-state index contributed by atoms with van der Waals surface area (Å²) in [6.07, 6.45) is 11.2. The van der Waals surface area contributed by atoms with E-state index in [1.165, 1.54) is 4.90 Å². The third-order valence-corrected chi connectivity index (χ3v) is 14.9. The monoisotopic (exact) mass is 1050 g/mol. The second kappa shape index (κ2) is 26.6. The van der Waals surface area contributed by atoms with Crippen LogP contribution in [0.25, 0.3) is 32.7 Å². The van der Waals surface area contributed by atoms with Crippen molar-refractivity contribution < 1.29 is 29.1 Å². The molecule has 3 aromatic carbocycles. The lowest BCUT2D eigenvalue weighted by Crippen LogP contribution is -2.57. The van der Waals surface area contributed by atoms with Crippen LogP contribution >= 0.6 is 11.3 Å². The van der Waals surface area contributed by atoms with E-state index in [4.69, 9.17) is 4.98 Å². The van der Waals surface area contributed by atoms with Gasteiger partial charge >= 0.3 is 0 Å². The number of fused-ring (bicyclic) bond motifs is 1. The van der Waals surface area contributed by atoms with Crippen molar-refractivity contribution in [2.75, 3.05) is 11.9 Å². The van der Waals surface area contributed by atoms with Crippen LogP contribution in [-0.4, -0.2) is 83.8 Å². The number of hydrogen-bond donors (Lipinski definition) is 5. The number of rotatable bonds is 24. The number of aliphatic hydroxyl groups is 1. The number of nitrogens with one attached hydrogen (secondary N) is 4. The molecule has 1 fully saturated rings. The zero-order valence-electron chi connectivity index (χ0n) is 44.7. The van der Waals surface area contributed by atoms with Crippen LogP contribution in [0.1, 0.15) is 145 Å². The summed E-state index contributed by atoms with van der Waals surface area (Å²) in [5.41, 5.74) is 7.95. The lowest BCUT2D eigenvalue weighted by atomic mass is 9.85. The van der Waals surface area contributed by atoms with E-state index in [1.807, 2.05) is 89.5 Å². The smallest absolute Gasteiger partial charge is 0.277 e. The zero-order chi connectivity index (χ0) is 54.4. The van der Waals surface area contributed by atoms with Crippen LogP contribution in [0.2, 0.25) is 0 Å². The van der Waals surface area contributed by atoms with Crippen LogP contribution in [0.3, 0.4) is 0 Å². The van der Waals surface area contributed by atoms with Crippen LogP contribution < -0.4 is 26.8 Å². The summed E-state index contributed by atoms with van der Waals surface area (Å²) >= 11 is 1.58. The SMILES string of the molecule is CCCn1c(=O)c(-c2ccc(C(=O)NCc3cccnc3)cc2)nc2ccc(NC(=O)CCCCCCCCCCC(=O)NC(C(=O)N3CC(O)CC3C(=O)NC(C)c3ccc(-c4scnc4C)cc3)C(C)(C)C)cc21. The number of aromatic nitrogens is 4. The first kappa shape index (κ1) is 56.6. The van der Waals surface area contributed by atoms with E-state index in [0.717, 1.165) is 72.2 Å². The molecule has 0 spiro atoms. The Hall–Kier alpha value is -7.11. The quantitative estimate of drug-likeness (QED) is 0.0362. The summed E-state index contributed by atoms with van der Waals surface area (Å²) in [4.78, 5) is 96.4. The molecule has 1 aliphatic rings. The summed E-state index contributed by atoms with van der Waals surface area (Å²) in [5, 5.41) is 22.6. The molecule has 0 bridgehead atoms. The topological polar surface area (TPSA) is 218 Å². The molecule has 3 aromatic heterocycles. The number of aryl methyl sites for hydroxylation is 2. The van der Waals surface area contributed by atoms with Gasteiger partial charge in [-0.3, -0.25) is 33.8 Å². The van der Waals surface area contributed by atoms with Crippen LogP contribution in [0, 0.1) is 12.3 Å². The predicted octanol–water partition coefficient (Wildman–Crippen LogP) is 9.44. The fourth-order valence-electron chi connectivity index (χ4n) is 9.62. The Morgan fingerprint density at radius 2 is 1.51 bits per heavy atom. The molecule has 0 saturated carbocycles. The Morgan fingerprint density at radius 1 is 0.842 bits per heavy atom. The molecule has 0 radical (unpaired) electrons. The number of carbonyl (C=O) groups is 5. The lowest BCUT2D eigenvalue weighted by Gasteiger charge is -2.35. The molecular formula is C59H73N9O7S. The van der Waals surface area contributed by atoms with Crippen molar-refractivity contribution in [2.24, 2.45) is 5.41 Å². The Balaban J connectivity index is 0.798. The lowest BCUT2D eigenvalue weighted by molar-refractivity contribution is -0.144. The van der Waals surface area contributed by atoms with Gasteiger partial charge in [0.05, 0.1) is 39.3 Å². The molecule has 16 nitrogen and oxygen atoms in total. The number of amides is 5. The number of pyridine rings is 1. The number of thiazole rings is 1. The first-order valence-electron chi connectivity index (χ1n) is 26.7. The fraction of sp³-hybridized carbons (Fsp3) is 0.441. The molecule has 0 aliphatic carbocycles. The molecule has 1 aliphatic heterocycles. The van der Waals surface area contributed by atoms with Crippen molar-refractivity contribution in [2.45, 2.75) is 156 Å². The van der Waals surface area contributed by atoms with Gasteiger partial charge < -0.3 is 35.8 Å². The van der Waals surface area contributed by atoms with Crippen molar-refractivity contribution in [3.63, 3.8) is 0 Å². The highest BCUT2D eigenvalue weighted by Crippen LogP contribution is 2.30. The Morgan fingerprint density at radius 3 is 2.14 bits per heavy atom. The van der Waals surface area contributed by atoms with Crippen molar-refractivity contribution in [3.05, 3.63) is 130 Å². The number of nitrogens with zero attached hydrogens (tertiary/aromatic N) is 5. The number of hydrogen-bond acceptors (Lipinski definition) is 11. The summed E-state index contributed by atoms with van der Waals surface area (Å²) < 4.78 is 1.69. The summed E-state index contributed by atoms with van der Waals surface area (Å²) in [7, 11) is 0. The van der Waals surface area contributed by atoms with E-state index in [9.17, 15) is 33.9 Å². The molecule has 17 heteroatoms. The summed E-state index contributed by atoms with van der Waals surface area (Å²) in [6.45, 7) is 12.3. The van der Waals surface area contributed by atoms with Gasteiger partial charge in [-0.05, 0) is 91.6 Å². The van der Waals surface area contributed by atoms with Gasteiger partial charge in [0.1, 0.15) is 17.8 Å². The van der Waals surface area contributed by atoms with Crippen molar-refractivity contribution >= 4 is 57.6 Å². The number of carbonyl (C=O) groups excluding carboxylic acids is 5. The Labute approximate surface area is 449 Å². The van der Waals surface area contributed by atoms with E-state index in [1.54, 1.807) is 64.7 Å². The van der Waals surface area contributed by atoms with Crippen LogP contribution in [0.4, 0.5) is 5.69 Å². The van der Waals surface area contributed by atoms with Crippen LogP contribution in [0.5, 0.6) is 0 Å². The number of anilines is 1. The van der Waals surface area contributed by atoms with Gasteiger partial charge in [-0.15, -0.1) is 11.3 Å². The molecule has 76 heavy (non-hydrogen) atoms. The van der Waals surface area contributed by atoms with E-state index < -0.39 is 23.6 Å². The first-order valence-corrected chi connectivity index (χ1v) is 27.6. The molecular weight excluding hydrogens is 979 g/mol. The number of aliphatic hydroxyl groups excluding tert-OH is 1. The van der Waals surface area contributed by atoms with E-state index >= 15 is 0 Å². The van der Waals surface area contributed by atoms with Gasteiger partial charge in [0, 0.05) is 68.1 Å². The third-order valence-electron chi connectivity index (χ3n) is 13.9. The average Bonchev–Trinajstić information content (AvgIpc) is 4.03. The maximum atomic E-state index is 14.1. The maximum Gasteiger partial charge on any atom is 0.277 e. The van der Waals surface area contributed by atoms with E-state index in [-0.39, 0.29) is 66.2 Å². The Kier molecular flexibility index (Phi) is 19.8. The third kappa shape index (κ3) is 15.1. The number of unbranched alkanes of at least 4 members (excludes halogenated alkanes) is 7. The predicted molar refractivity (Wildman–Crippen MR) is 298 cm³/mol. The molecule has 402 valence electrons. The molecule has 4 unspecified atom stereocenters. The molecule has 7 rings (SSSR count). The molecule has 1 saturated heterocycles. The minimum Gasteiger partial charge on any atom is -0.391 e. The Bertz CT molecular complexity index is 3010. The highest BCUT2D eigenvalue weighted by Gasteiger charge is 2.44. The number of likely N-dealkylation sites (tertiary alicyclic amines) is 1. The largest absolute Gasteiger partial charge is 0.391 e. The number of benzene rings is 3. The van der Waals surface area contributed by atoms with Gasteiger partial charge in [0.15, 0.2) is 0 Å².